The minimum absolute atomic E-state index is 0.0444. The van der Waals surface area contributed by atoms with E-state index in [9.17, 15) is 9.59 Å². The van der Waals surface area contributed by atoms with E-state index >= 15 is 0 Å². The van der Waals surface area contributed by atoms with Gasteiger partial charge >= 0.3 is 5.97 Å². The SMILES string of the molecule is O=C(CCCc1ccccc1)Nc1ccc(C(=O)O)nc1. The number of carbonyl (C=O) groups excluding carboxylic acids is 1. The zero-order chi connectivity index (χ0) is 15.1. The van der Waals surface area contributed by atoms with Crippen molar-refractivity contribution in [3.8, 4) is 0 Å². The summed E-state index contributed by atoms with van der Waals surface area (Å²) in [5.41, 5.74) is 1.67. The lowest BCUT2D eigenvalue weighted by Gasteiger charge is -2.05. The number of aromatic carboxylic acids is 1. The summed E-state index contributed by atoms with van der Waals surface area (Å²) in [6.07, 6.45) is 3.37. The number of aromatic nitrogens is 1. The second-order valence-electron chi connectivity index (χ2n) is 4.62. The van der Waals surface area contributed by atoms with E-state index in [1.165, 1.54) is 23.9 Å². The Kier molecular flexibility index (Phi) is 5.04. The summed E-state index contributed by atoms with van der Waals surface area (Å²) >= 11 is 0. The van der Waals surface area contributed by atoms with E-state index in [4.69, 9.17) is 5.11 Å². The molecule has 0 saturated heterocycles. The normalized spacial score (nSPS) is 10.1. The fourth-order valence-electron chi connectivity index (χ4n) is 1.92. The van der Waals surface area contributed by atoms with Gasteiger partial charge in [-0.3, -0.25) is 4.79 Å². The first-order chi connectivity index (χ1) is 10.1. The minimum atomic E-state index is -1.09. The van der Waals surface area contributed by atoms with Crippen molar-refractivity contribution in [2.45, 2.75) is 19.3 Å². The second kappa shape index (κ2) is 7.19. The number of carboxylic acids is 1. The fourth-order valence-corrected chi connectivity index (χ4v) is 1.92. The van der Waals surface area contributed by atoms with Gasteiger partial charge in [-0.15, -0.1) is 0 Å². The average Bonchev–Trinajstić information content (AvgIpc) is 2.49. The Hall–Kier alpha value is -2.69. The van der Waals surface area contributed by atoms with Crippen LogP contribution in [0.5, 0.6) is 0 Å². The van der Waals surface area contributed by atoms with Crippen molar-refractivity contribution in [2.75, 3.05) is 5.32 Å². The molecule has 2 rings (SSSR count). The highest BCUT2D eigenvalue weighted by atomic mass is 16.4. The van der Waals surface area contributed by atoms with Gasteiger partial charge in [0.25, 0.3) is 0 Å². The van der Waals surface area contributed by atoms with E-state index in [-0.39, 0.29) is 11.6 Å². The number of hydrogen-bond donors (Lipinski definition) is 2. The molecule has 0 radical (unpaired) electrons. The maximum atomic E-state index is 11.8. The summed E-state index contributed by atoms with van der Waals surface area (Å²) in [5.74, 6) is -1.19. The quantitative estimate of drug-likeness (QED) is 0.854. The van der Waals surface area contributed by atoms with Gasteiger partial charge in [-0.2, -0.15) is 0 Å². The number of pyridine rings is 1. The molecule has 2 aromatic rings. The van der Waals surface area contributed by atoms with Gasteiger partial charge in [0, 0.05) is 6.42 Å². The number of hydrogen-bond acceptors (Lipinski definition) is 3. The maximum absolute atomic E-state index is 11.8. The van der Waals surface area contributed by atoms with Crippen LogP contribution >= 0.6 is 0 Å². The molecule has 2 N–H and O–H groups in total. The maximum Gasteiger partial charge on any atom is 0.354 e. The topological polar surface area (TPSA) is 79.3 Å². The first-order valence-electron chi connectivity index (χ1n) is 6.68. The van der Waals surface area contributed by atoms with Crippen LogP contribution < -0.4 is 5.32 Å². The number of anilines is 1. The van der Waals surface area contributed by atoms with Crippen LogP contribution in [0, 0.1) is 0 Å². The molecule has 1 aromatic heterocycles. The minimum Gasteiger partial charge on any atom is -0.477 e. The Morgan fingerprint density at radius 1 is 1.10 bits per heavy atom. The van der Waals surface area contributed by atoms with Crippen molar-refractivity contribution >= 4 is 17.6 Å². The molecule has 0 atom stereocenters. The number of aryl methyl sites for hydroxylation is 1. The van der Waals surface area contributed by atoms with Gasteiger partial charge in [0.05, 0.1) is 11.9 Å². The van der Waals surface area contributed by atoms with E-state index in [1.807, 2.05) is 30.3 Å². The van der Waals surface area contributed by atoms with Gasteiger partial charge in [-0.05, 0) is 30.5 Å². The number of nitrogens with zero attached hydrogens (tertiary/aromatic N) is 1. The van der Waals surface area contributed by atoms with E-state index in [0.29, 0.717) is 12.1 Å². The molecule has 0 unspecified atom stereocenters. The Labute approximate surface area is 122 Å². The molecule has 108 valence electrons. The average molecular weight is 284 g/mol. The van der Waals surface area contributed by atoms with Crippen LogP contribution in [0.4, 0.5) is 5.69 Å². The predicted octanol–water partition coefficient (Wildman–Crippen LogP) is 2.74. The highest BCUT2D eigenvalue weighted by molar-refractivity contribution is 5.91. The smallest absolute Gasteiger partial charge is 0.354 e. The number of rotatable bonds is 6. The van der Waals surface area contributed by atoms with Crippen LogP contribution in [0.15, 0.2) is 48.7 Å². The first kappa shape index (κ1) is 14.7. The molecule has 1 aromatic carbocycles. The van der Waals surface area contributed by atoms with Crippen LogP contribution in [0.1, 0.15) is 28.9 Å². The summed E-state index contributed by atoms with van der Waals surface area (Å²) in [7, 11) is 0. The lowest BCUT2D eigenvalue weighted by Crippen LogP contribution is -2.12. The van der Waals surface area contributed by atoms with Crippen LogP contribution in [-0.4, -0.2) is 22.0 Å². The third kappa shape index (κ3) is 4.72. The third-order valence-corrected chi connectivity index (χ3v) is 2.98. The summed E-state index contributed by atoms with van der Waals surface area (Å²) in [4.78, 5) is 26.2. The van der Waals surface area contributed by atoms with Crippen molar-refractivity contribution in [2.24, 2.45) is 0 Å². The van der Waals surface area contributed by atoms with E-state index < -0.39 is 5.97 Å². The second-order valence-corrected chi connectivity index (χ2v) is 4.62. The molecular formula is C16H16N2O3. The number of carbonyl (C=O) groups is 2. The molecule has 0 saturated carbocycles. The molecule has 0 fully saturated rings. The van der Waals surface area contributed by atoms with Crippen LogP contribution in [0.3, 0.4) is 0 Å². The molecule has 0 aliphatic rings. The zero-order valence-corrected chi connectivity index (χ0v) is 11.5. The Balaban J connectivity index is 1.78. The van der Waals surface area contributed by atoms with E-state index in [1.54, 1.807) is 0 Å². The van der Waals surface area contributed by atoms with Crippen molar-refractivity contribution < 1.29 is 14.7 Å². The summed E-state index contributed by atoms with van der Waals surface area (Å²) in [6, 6.07) is 12.9. The standard InChI is InChI=1S/C16H16N2O3/c19-15(8-4-7-12-5-2-1-3-6-12)18-13-9-10-14(16(20)21)17-11-13/h1-3,5-6,9-11H,4,7-8H2,(H,18,19)(H,20,21). The zero-order valence-electron chi connectivity index (χ0n) is 11.5. The van der Waals surface area contributed by atoms with Crippen molar-refractivity contribution in [3.05, 3.63) is 59.9 Å². The van der Waals surface area contributed by atoms with Gasteiger partial charge in [-0.25, -0.2) is 9.78 Å². The molecule has 0 spiro atoms. The molecule has 5 heteroatoms. The van der Waals surface area contributed by atoms with Crippen LogP contribution in [0.25, 0.3) is 0 Å². The highest BCUT2D eigenvalue weighted by Crippen LogP contribution is 2.09. The van der Waals surface area contributed by atoms with Crippen molar-refractivity contribution in [1.82, 2.24) is 4.98 Å². The van der Waals surface area contributed by atoms with Crippen molar-refractivity contribution in [3.63, 3.8) is 0 Å². The Morgan fingerprint density at radius 2 is 1.86 bits per heavy atom. The van der Waals surface area contributed by atoms with E-state index in [2.05, 4.69) is 10.3 Å². The molecule has 0 aliphatic carbocycles. The first-order valence-corrected chi connectivity index (χ1v) is 6.68. The number of benzene rings is 1. The van der Waals surface area contributed by atoms with Crippen LogP contribution in [0.2, 0.25) is 0 Å². The van der Waals surface area contributed by atoms with Gasteiger partial charge in [0.15, 0.2) is 0 Å². The van der Waals surface area contributed by atoms with Crippen molar-refractivity contribution in [1.29, 1.82) is 0 Å². The summed E-state index contributed by atoms with van der Waals surface area (Å²) < 4.78 is 0. The largest absolute Gasteiger partial charge is 0.477 e. The molecule has 0 aliphatic heterocycles. The monoisotopic (exact) mass is 284 g/mol. The van der Waals surface area contributed by atoms with Gasteiger partial charge in [0.1, 0.15) is 5.69 Å². The van der Waals surface area contributed by atoms with Gasteiger partial charge < -0.3 is 10.4 Å². The number of nitrogens with one attached hydrogen (secondary N) is 1. The lowest BCUT2D eigenvalue weighted by atomic mass is 10.1. The molecule has 1 heterocycles. The molecule has 21 heavy (non-hydrogen) atoms. The molecular weight excluding hydrogens is 268 g/mol. The highest BCUT2D eigenvalue weighted by Gasteiger charge is 2.06. The lowest BCUT2D eigenvalue weighted by molar-refractivity contribution is -0.116. The third-order valence-electron chi connectivity index (χ3n) is 2.98. The Morgan fingerprint density at radius 3 is 2.48 bits per heavy atom. The predicted molar refractivity (Wildman–Crippen MR) is 79.2 cm³/mol. The summed E-state index contributed by atoms with van der Waals surface area (Å²) in [5, 5.41) is 11.4. The van der Waals surface area contributed by atoms with Crippen LogP contribution in [-0.2, 0) is 11.2 Å². The van der Waals surface area contributed by atoms with E-state index in [0.717, 1.165) is 12.8 Å². The Bertz CT molecular complexity index is 609. The molecule has 1 amide bonds. The van der Waals surface area contributed by atoms with Gasteiger partial charge in [-0.1, -0.05) is 30.3 Å². The number of carboxylic acid groups (broad SMARTS) is 1. The molecule has 5 nitrogen and oxygen atoms in total. The van der Waals surface area contributed by atoms with Gasteiger partial charge in [0.2, 0.25) is 5.91 Å². The fraction of sp³-hybridized carbons (Fsp3) is 0.188. The molecule has 0 bridgehead atoms. The number of amides is 1. The summed E-state index contributed by atoms with van der Waals surface area (Å²) in [6.45, 7) is 0.